The van der Waals surface area contributed by atoms with Gasteiger partial charge < -0.3 is 11.1 Å². The minimum atomic E-state index is -0.652. The fourth-order valence-electron chi connectivity index (χ4n) is 1.96. The summed E-state index contributed by atoms with van der Waals surface area (Å²) < 4.78 is 0. The first kappa shape index (κ1) is 12.0. The van der Waals surface area contributed by atoms with Crippen LogP contribution in [0.3, 0.4) is 0 Å². The number of anilines is 1. The quantitative estimate of drug-likeness (QED) is 0.801. The highest BCUT2D eigenvalue weighted by Crippen LogP contribution is 2.42. The second kappa shape index (κ2) is 4.41. The minimum absolute atomic E-state index is 0.130. The van der Waals surface area contributed by atoms with Crippen molar-refractivity contribution >= 4 is 28.9 Å². The molecule has 17 heavy (non-hydrogen) atoms. The predicted octanol–water partition coefficient (Wildman–Crippen LogP) is 1.78. The van der Waals surface area contributed by atoms with Crippen LogP contribution in [-0.2, 0) is 4.79 Å². The Morgan fingerprint density at radius 2 is 2.29 bits per heavy atom. The molecule has 0 aromatic carbocycles. The lowest BCUT2D eigenvalue weighted by molar-refractivity contribution is -0.125. The number of nitrogens with two attached hydrogens (primary N) is 1. The number of aryl methyl sites for hydroxylation is 1. The van der Waals surface area contributed by atoms with Crippen LogP contribution in [0.15, 0.2) is 18.3 Å². The molecule has 0 saturated heterocycles. The van der Waals surface area contributed by atoms with Crippen LogP contribution in [0.5, 0.6) is 0 Å². The molecule has 3 N–H and O–H groups in total. The Labute approximate surface area is 106 Å². The van der Waals surface area contributed by atoms with Crippen molar-refractivity contribution in [2.24, 2.45) is 11.1 Å². The first-order valence-corrected chi connectivity index (χ1v) is 5.99. The molecule has 0 spiro atoms. The van der Waals surface area contributed by atoms with Crippen molar-refractivity contribution in [1.29, 1.82) is 0 Å². The SMILES string of the molecule is Cc1ccnc(NC(=O)C2(C(N)=S)CCC2)c1. The van der Waals surface area contributed by atoms with E-state index in [0.29, 0.717) is 5.82 Å². The monoisotopic (exact) mass is 249 g/mol. The molecule has 1 aromatic rings. The van der Waals surface area contributed by atoms with Gasteiger partial charge in [-0.2, -0.15) is 0 Å². The van der Waals surface area contributed by atoms with Crippen LogP contribution < -0.4 is 11.1 Å². The molecule has 1 aliphatic rings. The Morgan fingerprint density at radius 1 is 1.59 bits per heavy atom. The molecular formula is C12H15N3OS. The van der Waals surface area contributed by atoms with Gasteiger partial charge in [-0.25, -0.2) is 4.98 Å². The maximum atomic E-state index is 12.2. The highest BCUT2D eigenvalue weighted by atomic mass is 32.1. The van der Waals surface area contributed by atoms with E-state index >= 15 is 0 Å². The predicted molar refractivity (Wildman–Crippen MR) is 70.7 cm³/mol. The van der Waals surface area contributed by atoms with Crippen LogP contribution in [0.25, 0.3) is 0 Å². The lowest BCUT2D eigenvalue weighted by Crippen LogP contribution is -2.50. The number of pyridine rings is 1. The molecule has 0 radical (unpaired) electrons. The van der Waals surface area contributed by atoms with Gasteiger partial charge in [-0.3, -0.25) is 4.79 Å². The zero-order chi connectivity index (χ0) is 12.5. The summed E-state index contributed by atoms with van der Waals surface area (Å²) in [5, 5.41) is 2.79. The summed E-state index contributed by atoms with van der Waals surface area (Å²) in [5.41, 5.74) is 6.06. The number of nitrogens with one attached hydrogen (secondary N) is 1. The third kappa shape index (κ3) is 2.15. The van der Waals surface area contributed by atoms with Crippen molar-refractivity contribution in [1.82, 2.24) is 4.98 Å². The van der Waals surface area contributed by atoms with E-state index in [1.807, 2.05) is 19.1 Å². The molecule has 0 bridgehead atoms. The molecular weight excluding hydrogens is 234 g/mol. The fraction of sp³-hybridized carbons (Fsp3) is 0.417. The molecule has 4 nitrogen and oxygen atoms in total. The second-order valence-corrected chi connectivity index (χ2v) is 4.91. The average molecular weight is 249 g/mol. The Bertz CT molecular complexity index is 469. The topological polar surface area (TPSA) is 68.0 Å². The van der Waals surface area contributed by atoms with E-state index in [4.69, 9.17) is 18.0 Å². The third-order valence-corrected chi connectivity index (χ3v) is 3.66. The van der Waals surface area contributed by atoms with Gasteiger partial charge in [0.25, 0.3) is 0 Å². The maximum Gasteiger partial charge on any atom is 0.238 e. The Hall–Kier alpha value is -1.49. The normalized spacial score (nSPS) is 17.0. The average Bonchev–Trinajstić information content (AvgIpc) is 2.14. The maximum absolute atomic E-state index is 12.2. The van der Waals surface area contributed by atoms with E-state index < -0.39 is 5.41 Å². The molecule has 0 aliphatic heterocycles. The van der Waals surface area contributed by atoms with Crippen molar-refractivity contribution in [2.75, 3.05) is 5.32 Å². The van der Waals surface area contributed by atoms with Gasteiger partial charge in [0.05, 0.1) is 10.4 Å². The van der Waals surface area contributed by atoms with Crippen LogP contribution in [0.4, 0.5) is 5.82 Å². The number of thiocarbonyl (C=S) groups is 1. The molecule has 1 fully saturated rings. The van der Waals surface area contributed by atoms with Crippen molar-refractivity contribution in [3.8, 4) is 0 Å². The van der Waals surface area contributed by atoms with Gasteiger partial charge in [-0.15, -0.1) is 0 Å². The van der Waals surface area contributed by atoms with E-state index in [1.54, 1.807) is 6.20 Å². The number of hydrogen-bond acceptors (Lipinski definition) is 3. The number of amides is 1. The lowest BCUT2D eigenvalue weighted by atomic mass is 9.68. The Morgan fingerprint density at radius 3 is 2.76 bits per heavy atom. The summed E-state index contributed by atoms with van der Waals surface area (Å²) >= 11 is 5.00. The highest BCUT2D eigenvalue weighted by Gasteiger charge is 2.47. The smallest absolute Gasteiger partial charge is 0.238 e. The van der Waals surface area contributed by atoms with E-state index in [2.05, 4.69) is 10.3 Å². The number of carbonyl (C=O) groups excluding carboxylic acids is 1. The van der Waals surface area contributed by atoms with Gasteiger partial charge in [-0.1, -0.05) is 18.6 Å². The summed E-state index contributed by atoms with van der Waals surface area (Å²) in [5.74, 6) is 0.423. The highest BCUT2D eigenvalue weighted by molar-refractivity contribution is 7.80. The van der Waals surface area contributed by atoms with Crippen LogP contribution in [0.2, 0.25) is 0 Å². The van der Waals surface area contributed by atoms with Crippen molar-refractivity contribution in [2.45, 2.75) is 26.2 Å². The summed E-state index contributed by atoms with van der Waals surface area (Å²) in [6.45, 7) is 1.95. The molecule has 1 amide bonds. The molecule has 5 heteroatoms. The van der Waals surface area contributed by atoms with E-state index in [1.165, 1.54) is 0 Å². The standard InChI is InChI=1S/C12H15N3OS/c1-8-3-6-14-9(7-8)15-11(16)12(10(13)17)4-2-5-12/h3,6-7H,2,4-5H2,1H3,(H2,13,17)(H,14,15,16). The first-order chi connectivity index (χ1) is 8.04. The minimum Gasteiger partial charge on any atom is -0.392 e. The number of aromatic nitrogens is 1. The summed E-state index contributed by atoms with van der Waals surface area (Å²) in [6.07, 6.45) is 4.13. The lowest BCUT2D eigenvalue weighted by Gasteiger charge is -2.38. The van der Waals surface area contributed by atoms with Gasteiger partial charge in [0.2, 0.25) is 5.91 Å². The van der Waals surface area contributed by atoms with Crippen LogP contribution in [0, 0.1) is 12.3 Å². The summed E-state index contributed by atoms with van der Waals surface area (Å²) in [4.78, 5) is 16.5. The molecule has 1 heterocycles. The van der Waals surface area contributed by atoms with E-state index in [0.717, 1.165) is 24.8 Å². The summed E-state index contributed by atoms with van der Waals surface area (Å²) in [7, 11) is 0. The molecule has 1 aromatic heterocycles. The van der Waals surface area contributed by atoms with Gasteiger partial charge in [0, 0.05) is 6.20 Å². The van der Waals surface area contributed by atoms with Crippen LogP contribution in [-0.4, -0.2) is 15.9 Å². The molecule has 1 saturated carbocycles. The van der Waals surface area contributed by atoms with Gasteiger partial charge in [-0.05, 0) is 37.5 Å². The molecule has 90 valence electrons. The van der Waals surface area contributed by atoms with Gasteiger partial charge in [0.1, 0.15) is 5.82 Å². The zero-order valence-electron chi connectivity index (χ0n) is 9.69. The molecule has 2 rings (SSSR count). The first-order valence-electron chi connectivity index (χ1n) is 5.59. The van der Waals surface area contributed by atoms with E-state index in [-0.39, 0.29) is 10.9 Å². The summed E-state index contributed by atoms with van der Waals surface area (Å²) in [6, 6.07) is 3.70. The van der Waals surface area contributed by atoms with Crippen LogP contribution >= 0.6 is 12.2 Å². The van der Waals surface area contributed by atoms with Crippen molar-refractivity contribution in [3.63, 3.8) is 0 Å². The van der Waals surface area contributed by atoms with Crippen molar-refractivity contribution < 1.29 is 4.79 Å². The number of hydrogen-bond donors (Lipinski definition) is 2. The molecule has 0 atom stereocenters. The van der Waals surface area contributed by atoms with Crippen LogP contribution in [0.1, 0.15) is 24.8 Å². The number of rotatable bonds is 3. The fourth-order valence-corrected chi connectivity index (χ4v) is 2.25. The van der Waals surface area contributed by atoms with E-state index in [9.17, 15) is 4.79 Å². The Kier molecular flexibility index (Phi) is 3.11. The second-order valence-electron chi connectivity index (χ2n) is 4.47. The Balaban J connectivity index is 2.14. The zero-order valence-corrected chi connectivity index (χ0v) is 10.5. The van der Waals surface area contributed by atoms with Gasteiger partial charge in [0.15, 0.2) is 0 Å². The number of nitrogens with zero attached hydrogens (tertiary/aromatic N) is 1. The molecule has 0 unspecified atom stereocenters. The third-order valence-electron chi connectivity index (χ3n) is 3.27. The molecule has 1 aliphatic carbocycles. The van der Waals surface area contributed by atoms with Gasteiger partial charge >= 0.3 is 0 Å². The van der Waals surface area contributed by atoms with Crippen molar-refractivity contribution in [3.05, 3.63) is 23.9 Å². The largest absolute Gasteiger partial charge is 0.392 e. The number of carbonyl (C=O) groups is 1.